The normalized spacial score (nSPS) is 26.9. The molecule has 24 heavy (non-hydrogen) atoms. The van der Waals surface area contributed by atoms with E-state index in [0.29, 0.717) is 11.4 Å². The third-order valence-corrected chi connectivity index (χ3v) is 4.33. The molecule has 0 unspecified atom stereocenters. The lowest BCUT2D eigenvalue weighted by Gasteiger charge is -2.25. The van der Waals surface area contributed by atoms with Crippen LogP contribution in [0, 0.1) is 5.92 Å². The van der Waals surface area contributed by atoms with Crippen molar-refractivity contribution in [3.05, 3.63) is 34.9 Å². The summed E-state index contributed by atoms with van der Waals surface area (Å²) in [4.78, 5) is 24.8. The number of esters is 2. The quantitative estimate of drug-likeness (QED) is 0.845. The van der Waals surface area contributed by atoms with Gasteiger partial charge in [0, 0.05) is 11.1 Å². The second kappa shape index (κ2) is 6.73. The fourth-order valence-corrected chi connectivity index (χ4v) is 3.14. The molecule has 6 heteroatoms. The molecule has 0 aliphatic carbocycles. The van der Waals surface area contributed by atoms with E-state index in [1.807, 2.05) is 32.9 Å². The predicted molar refractivity (Wildman–Crippen MR) is 91.7 cm³/mol. The standard InChI is InChI=1S/C18H24ClNO4/c1-17(2,3)24-15(21)13-10-18(4,16(22)23-5)20-14(13)11-6-8-12(19)9-7-11/h6-9,13-14,20H,10H2,1-5H3/t13-,14-,18-/m0/s1. The number of methoxy groups -OCH3 is 1. The van der Waals surface area contributed by atoms with Gasteiger partial charge >= 0.3 is 11.9 Å². The van der Waals surface area contributed by atoms with E-state index in [1.54, 1.807) is 19.1 Å². The summed E-state index contributed by atoms with van der Waals surface area (Å²) < 4.78 is 10.4. The Morgan fingerprint density at radius 2 is 1.83 bits per heavy atom. The van der Waals surface area contributed by atoms with E-state index >= 15 is 0 Å². The summed E-state index contributed by atoms with van der Waals surface area (Å²) in [5.41, 5.74) is -0.658. The first-order valence-electron chi connectivity index (χ1n) is 7.90. The van der Waals surface area contributed by atoms with Gasteiger partial charge in [-0.25, -0.2) is 0 Å². The molecule has 1 heterocycles. The van der Waals surface area contributed by atoms with Crippen LogP contribution in [0.4, 0.5) is 0 Å². The molecular formula is C18H24ClNO4. The van der Waals surface area contributed by atoms with Gasteiger partial charge in [0.1, 0.15) is 11.1 Å². The SMILES string of the molecule is COC(=O)[C@]1(C)C[C@H](C(=O)OC(C)(C)C)[C@H](c2ccc(Cl)cc2)N1. The Morgan fingerprint density at radius 1 is 1.25 bits per heavy atom. The molecule has 1 aromatic rings. The maximum atomic E-state index is 12.7. The zero-order chi connectivity index (χ0) is 18.1. The Labute approximate surface area is 147 Å². The molecule has 3 atom stereocenters. The first-order valence-corrected chi connectivity index (χ1v) is 8.28. The topological polar surface area (TPSA) is 64.6 Å². The van der Waals surface area contributed by atoms with Crippen LogP contribution in [0.1, 0.15) is 45.7 Å². The summed E-state index contributed by atoms with van der Waals surface area (Å²) in [5, 5.41) is 3.86. The Morgan fingerprint density at radius 3 is 2.33 bits per heavy atom. The number of carbonyl (C=O) groups excluding carboxylic acids is 2. The van der Waals surface area contributed by atoms with Gasteiger partial charge in [-0.1, -0.05) is 23.7 Å². The smallest absolute Gasteiger partial charge is 0.325 e. The highest BCUT2D eigenvalue weighted by atomic mass is 35.5. The minimum atomic E-state index is -0.944. The summed E-state index contributed by atoms with van der Waals surface area (Å²) >= 11 is 5.95. The molecule has 0 bridgehead atoms. The van der Waals surface area contributed by atoms with Crippen LogP contribution in [0.15, 0.2) is 24.3 Å². The van der Waals surface area contributed by atoms with Crippen molar-refractivity contribution < 1.29 is 19.1 Å². The third-order valence-electron chi connectivity index (χ3n) is 4.08. The van der Waals surface area contributed by atoms with Crippen molar-refractivity contribution in [3.8, 4) is 0 Å². The molecule has 0 amide bonds. The molecule has 0 saturated carbocycles. The maximum absolute atomic E-state index is 12.7. The lowest BCUT2D eigenvalue weighted by molar-refractivity contribution is -0.160. The minimum absolute atomic E-state index is 0.307. The molecule has 1 saturated heterocycles. The van der Waals surface area contributed by atoms with E-state index in [1.165, 1.54) is 7.11 Å². The molecule has 2 rings (SSSR count). The molecule has 1 aromatic carbocycles. The molecule has 1 aliphatic heterocycles. The van der Waals surface area contributed by atoms with Crippen molar-refractivity contribution >= 4 is 23.5 Å². The first kappa shape index (κ1) is 18.7. The van der Waals surface area contributed by atoms with Gasteiger partial charge in [-0.05, 0) is 51.8 Å². The molecule has 1 N–H and O–H groups in total. The van der Waals surface area contributed by atoms with Crippen molar-refractivity contribution in [2.75, 3.05) is 7.11 Å². The number of rotatable bonds is 3. The zero-order valence-corrected chi connectivity index (χ0v) is 15.4. The highest BCUT2D eigenvalue weighted by molar-refractivity contribution is 6.30. The highest BCUT2D eigenvalue weighted by Gasteiger charge is 2.51. The van der Waals surface area contributed by atoms with Crippen LogP contribution >= 0.6 is 11.6 Å². The summed E-state index contributed by atoms with van der Waals surface area (Å²) in [6.07, 6.45) is 0.307. The predicted octanol–water partition coefficient (Wildman–Crippen LogP) is 3.26. The van der Waals surface area contributed by atoms with Crippen LogP contribution < -0.4 is 5.32 Å². The van der Waals surface area contributed by atoms with Gasteiger partial charge in [0.2, 0.25) is 0 Å². The van der Waals surface area contributed by atoms with Crippen LogP contribution in [0.3, 0.4) is 0 Å². The second-order valence-corrected chi connectivity index (χ2v) is 7.78. The van der Waals surface area contributed by atoms with Crippen LogP contribution in [-0.2, 0) is 19.1 Å². The summed E-state index contributed by atoms with van der Waals surface area (Å²) in [5.74, 6) is -1.22. The number of benzene rings is 1. The average Bonchev–Trinajstić information content (AvgIpc) is 2.85. The highest BCUT2D eigenvalue weighted by Crippen LogP contribution is 2.40. The van der Waals surface area contributed by atoms with Crippen molar-refractivity contribution in [1.82, 2.24) is 5.32 Å². The Kier molecular flexibility index (Phi) is 5.25. The van der Waals surface area contributed by atoms with Crippen molar-refractivity contribution in [2.24, 2.45) is 5.92 Å². The molecule has 0 radical (unpaired) electrons. The maximum Gasteiger partial charge on any atom is 0.325 e. The van der Waals surface area contributed by atoms with Gasteiger partial charge in [0.15, 0.2) is 0 Å². The number of hydrogen-bond acceptors (Lipinski definition) is 5. The fourth-order valence-electron chi connectivity index (χ4n) is 3.01. The molecule has 0 aromatic heterocycles. The summed E-state index contributed by atoms with van der Waals surface area (Å²) in [6, 6.07) is 6.87. The van der Waals surface area contributed by atoms with E-state index < -0.39 is 23.0 Å². The van der Waals surface area contributed by atoms with E-state index in [9.17, 15) is 9.59 Å². The molecule has 132 valence electrons. The molecular weight excluding hydrogens is 330 g/mol. The van der Waals surface area contributed by atoms with Gasteiger partial charge in [0.25, 0.3) is 0 Å². The van der Waals surface area contributed by atoms with Crippen LogP contribution in [0.2, 0.25) is 5.02 Å². The zero-order valence-electron chi connectivity index (χ0n) is 14.7. The first-order chi connectivity index (χ1) is 11.1. The third kappa shape index (κ3) is 4.08. The van der Waals surface area contributed by atoms with Gasteiger partial charge in [0.05, 0.1) is 13.0 Å². The summed E-state index contributed by atoms with van der Waals surface area (Å²) in [6.45, 7) is 7.21. The minimum Gasteiger partial charge on any atom is -0.468 e. The van der Waals surface area contributed by atoms with Crippen molar-refractivity contribution in [1.29, 1.82) is 0 Å². The lowest BCUT2D eigenvalue weighted by atomic mass is 9.90. The number of hydrogen-bond donors (Lipinski definition) is 1. The molecule has 5 nitrogen and oxygen atoms in total. The number of nitrogens with one attached hydrogen (secondary N) is 1. The van der Waals surface area contributed by atoms with Gasteiger partial charge in [-0.3, -0.25) is 14.9 Å². The van der Waals surface area contributed by atoms with Gasteiger partial charge in [-0.15, -0.1) is 0 Å². The summed E-state index contributed by atoms with van der Waals surface area (Å²) in [7, 11) is 1.34. The lowest BCUT2D eigenvalue weighted by Crippen LogP contribution is -2.45. The Balaban J connectivity index is 2.34. The Bertz CT molecular complexity index is 623. The van der Waals surface area contributed by atoms with Crippen LogP contribution in [-0.4, -0.2) is 30.2 Å². The average molecular weight is 354 g/mol. The van der Waals surface area contributed by atoms with Crippen LogP contribution in [0.25, 0.3) is 0 Å². The van der Waals surface area contributed by atoms with E-state index in [4.69, 9.17) is 21.1 Å². The number of halogens is 1. The second-order valence-electron chi connectivity index (χ2n) is 7.34. The van der Waals surface area contributed by atoms with Crippen molar-refractivity contribution in [2.45, 2.75) is 51.3 Å². The molecule has 0 spiro atoms. The Hall–Kier alpha value is -1.59. The fraction of sp³-hybridized carbons (Fsp3) is 0.556. The number of ether oxygens (including phenoxy) is 2. The largest absolute Gasteiger partial charge is 0.468 e. The molecule has 1 aliphatic rings. The van der Waals surface area contributed by atoms with Gasteiger partial charge in [-0.2, -0.15) is 0 Å². The van der Waals surface area contributed by atoms with Gasteiger partial charge < -0.3 is 9.47 Å². The van der Waals surface area contributed by atoms with Crippen LogP contribution in [0.5, 0.6) is 0 Å². The van der Waals surface area contributed by atoms with Crippen molar-refractivity contribution in [3.63, 3.8) is 0 Å². The number of carbonyl (C=O) groups is 2. The van der Waals surface area contributed by atoms with E-state index in [-0.39, 0.29) is 12.0 Å². The monoisotopic (exact) mass is 353 g/mol. The van der Waals surface area contributed by atoms with E-state index in [0.717, 1.165) is 5.56 Å². The van der Waals surface area contributed by atoms with E-state index in [2.05, 4.69) is 5.32 Å². The molecule has 1 fully saturated rings.